The van der Waals surface area contributed by atoms with E-state index in [-0.39, 0.29) is 5.91 Å². The second-order valence-corrected chi connectivity index (χ2v) is 4.58. The molecule has 4 heteroatoms. The van der Waals surface area contributed by atoms with Crippen LogP contribution in [0.1, 0.15) is 19.3 Å². The molecular weight excluding hydrogens is 216 g/mol. The zero-order valence-corrected chi connectivity index (χ0v) is 10.3. The fourth-order valence-corrected chi connectivity index (χ4v) is 2.04. The van der Waals surface area contributed by atoms with E-state index in [2.05, 4.69) is 0 Å². The van der Waals surface area contributed by atoms with Crippen molar-refractivity contribution in [1.82, 2.24) is 0 Å². The van der Waals surface area contributed by atoms with Gasteiger partial charge in [-0.1, -0.05) is 6.07 Å². The van der Waals surface area contributed by atoms with E-state index in [0.29, 0.717) is 0 Å². The molecule has 1 aliphatic carbocycles. The zero-order valence-electron chi connectivity index (χ0n) is 10.3. The number of carbonyl (C=O) groups excluding carboxylic acids is 1. The summed E-state index contributed by atoms with van der Waals surface area (Å²) in [6.07, 6.45) is 2.59. The third kappa shape index (κ3) is 2.13. The Labute approximate surface area is 101 Å². The lowest BCUT2D eigenvalue weighted by atomic mass is 9.76. The first-order valence-electron chi connectivity index (χ1n) is 5.78. The lowest BCUT2D eigenvalue weighted by Gasteiger charge is -2.39. The Morgan fingerprint density at radius 2 is 2.18 bits per heavy atom. The van der Waals surface area contributed by atoms with Gasteiger partial charge in [0, 0.05) is 18.8 Å². The Bertz CT molecular complexity index is 427. The van der Waals surface area contributed by atoms with Crippen LogP contribution in [-0.4, -0.2) is 25.6 Å². The zero-order chi connectivity index (χ0) is 12.5. The summed E-state index contributed by atoms with van der Waals surface area (Å²) >= 11 is 0. The van der Waals surface area contributed by atoms with Gasteiger partial charge in [0.05, 0.1) is 12.6 Å². The number of ether oxygens (including phenoxy) is 1. The van der Waals surface area contributed by atoms with Gasteiger partial charge in [0.25, 0.3) is 0 Å². The van der Waals surface area contributed by atoms with Crippen molar-refractivity contribution in [2.24, 2.45) is 5.73 Å². The van der Waals surface area contributed by atoms with Crippen LogP contribution in [-0.2, 0) is 4.79 Å². The molecule has 0 radical (unpaired) electrons. The average molecular weight is 234 g/mol. The van der Waals surface area contributed by atoms with Crippen molar-refractivity contribution in [3.63, 3.8) is 0 Å². The molecular formula is C13H18N2O2. The first-order chi connectivity index (χ1) is 8.07. The Morgan fingerprint density at radius 1 is 1.47 bits per heavy atom. The number of likely N-dealkylation sites (N-methyl/N-ethyl adjacent to an activating group) is 1. The molecule has 1 saturated carbocycles. The van der Waals surface area contributed by atoms with Crippen molar-refractivity contribution in [2.75, 3.05) is 19.1 Å². The Kier molecular flexibility index (Phi) is 3.07. The molecule has 1 aromatic rings. The van der Waals surface area contributed by atoms with Gasteiger partial charge in [0.2, 0.25) is 5.91 Å². The SMILES string of the molecule is COc1cccc(N(C)C(=O)C2(N)CCC2)c1. The normalized spacial score (nSPS) is 17.1. The molecule has 0 heterocycles. The molecule has 0 unspecified atom stereocenters. The highest BCUT2D eigenvalue weighted by molar-refractivity contribution is 6.00. The number of hydrogen-bond donors (Lipinski definition) is 1. The molecule has 0 spiro atoms. The van der Waals surface area contributed by atoms with Crippen LogP contribution in [0.3, 0.4) is 0 Å². The standard InChI is InChI=1S/C13H18N2O2/c1-15(12(16)13(14)7-4-8-13)10-5-3-6-11(9-10)17-2/h3,5-6,9H,4,7-8,14H2,1-2H3. The van der Waals surface area contributed by atoms with Crippen molar-refractivity contribution in [3.8, 4) is 5.75 Å². The summed E-state index contributed by atoms with van der Waals surface area (Å²) in [7, 11) is 3.36. The van der Waals surface area contributed by atoms with E-state index >= 15 is 0 Å². The van der Waals surface area contributed by atoms with Crippen molar-refractivity contribution in [2.45, 2.75) is 24.8 Å². The van der Waals surface area contributed by atoms with E-state index in [1.807, 2.05) is 24.3 Å². The summed E-state index contributed by atoms with van der Waals surface area (Å²) in [5, 5.41) is 0. The second-order valence-electron chi connectivity index (χ2n) is 4.58. The third-order valence-electron chi connectivity index (χ3n) is 3.42. The van der Waals surface area contributed by atoms with Crippen LogP contribution in [0, 0.1) is 0 Å². The van der Waals surface area contributed by atoms with Gasteiger partial charge in [-0.2, -0.15) is 0 Å². The molecule has 2 rings (SSSR count). The molecule has 0 atom stereocenters. The average Bonchev–Trinajstić information content (AvgIpc) is 2.34. The molecule has 0 aromatic heterocycles. The molecule has 0 aliphatic heterocycles. The minimum absolute atomic E-state index is 0.0167. The summed E-state index contributed by atoms with van der Waals surface area (Å²) in [5.41, 5.74) is 6.19. The van der Waals surface area contributed by atoms with E-state index in [1.165, 1.54) is 0 Å². The predicted octanol–water partition coefficient (Wildman–Crippen LogP) is 1.54. The maximum absolute atomic E-state index is 12.2. The van der Waals surface area contributed by atoms with Crippen LogP contribution in [0.15, 0.2) is 24.3 Å². The van der Waals surface area contributed by atoms with Crippen molar-refractivity contribution in [3.05, 3.63) is 24.3 Å². The topological polar surface area (TPSA) is 55.6 Å². The lowest BCUT2D eigenvalue weighted by Crippen LogP contribution is -2.59. The first kappa shape index (κ1) is 11.9. The summed E-state index contributed by atoms with van der Waals surface area (Å²) in [5.74, 6) is 0.721. The number of amides is 1. The predicted molar refractivity (Wildman–Crippen MR) is 67.2 cm³/mol. The Hall–Kier alpha value is -1.55. The molecule has 1 fully saturated rings. The van der Waals surface area contributed by atoms with Crippen LogP contribution in [0.25, 0.3) is 0 Å². The van der Waals surface area contributed by atoms with Gasteiger partial charge in [-0.3, -0.25) is 4.79 Å². The largest absolute Gasteiger partial charge is 0.497 e. The number of rotatable bonds is 3. The molecule has 1 aliphatic rings. The van der Waals surface area contributed by atoms with Crippen LogP contribution < -0.4 is 15.4 Å². The Morgan fingerprint density at radius 3 is 2.71 bits per heavy atom. The van der Waals surface area contributed by atoms with Crippen molar-refractivity contribution >= 4 is 11.6 Å². The van der Waals surface area contributed by atoms with Gasteiger partial charge >= 0.3 is 0 Å². The molecule has 1 aromatic carbocycles. The minimum Gasteiger partial charge on any atom is -0.497 e. The molecule has 2 N–H and O–H groups in total. The fraction of sp³-hybridized carbons (Fsp3) is 0.462. The van der Waals surface area contributed by atoms with E-state index in [4.69, 9.17) is 10.5 Å². The number of methoxy groups -OCH3 is 1. The second kappa shape index (κ2) is 4.37. The number of hydrogen-bond acceptors (Lipinski definition) is 3. The van der Waals surface area contributed by atoms with Gasteiger partial charge in [-0.05, 0) is 31.4 Å². The van der Waals surface area contributed by atoms with Crippen LogP contribution in [0.4, 0.5) is 5.69 Å². The highest BCUT2D eigenvalue weighted by Gasteiger charge is 2.42. The van der Waals surface area contributed by atoms with E-state index in [1.54, 1.807) is 19.1 Å². The maximum atomic E-state index is 12.2. The van der Waals surface area contributed by atoms with Crippen molar-refractivity contribution < 1.29 is 9.53 Å². The minimum atomic E-state index is -0.655. The lowest BCUT2D eigenvalue weighted by molar-refractivity contribution is -0.126. The van der Waals surface area contributed by atoms with E-state index in [9.17, 15) is 4.79 Å². The van der Waals surface area contributed by atoms with Gasteiger partial charge in [-0.25, -0.2) is 0 Å². The quantitative estimate of drug-likeness (QED) is 0.863. The first-order valence-corrected chi connectivity index (χ1v) is 5.78. The third-order valence-corrected chi connectivity index (χ3v) is 3.42. The van der Waals surface area contributed by atoms with Crippen LogP contribution >= 0.6 is 0 Å². The van der Waals surface area contributed by atoms with Crippen molar-refractivity contribution in [1.29, 1.82) is 0 Å². The van der Waals surface area contributed by atoms with Gasteiger partial charge < -0.3 is 15.4 Å². The maximum Gasteiger partial charge on any atom is 0.246 e. The molecule has 4 nitrogen and oxygen atoms in total. The number of nitrogens with zero attached hydrogens (tertiary/aromatic N) is 1. The molecule has 92 valence electrons. The summed E-state index contributed by atoms with van der Waals surface area (Å²) in [4.78, 5) is 13.8. The monoisotopic (exact) mass is 234 g/mol. The number of nitrogens with two attached hydrogens (primary N) is 1. The summed E-state index contributed by atoms with van der Waals surface area (Å²) < 4.78 is 5.14. The molecule has 0 bridgehead atoms. The summed E-state index contributed by atoms with van der Waals surface area (Å²) in [6.45, 7) is 0. The van der Waals surface area contributed by atoms with Gasteiger partial charge in [-0.15, -0.1) is 0 Å². The fourth-order valence-electron chi connectivity index (χ4n) is 2.04. The van der Waals surface area contributed by atoms with Crippen LogP contribution in [0.2, 0.25) is 0 Å². The molecule has 17 heavy (non-hydrogen) atoms. The molecule has 0 saturated heterocycles. The number of benzene rings is 1. The van der Waals surface area contributed by atoms with E-state index in [0.717, 1.165) is 30.7 Å². The highest BCUT2D eigenvalue weighted by Crippen LogP contribution is 2.32. The Balaban J connectivity index is 2.18. The van der Waals surface area contributed by atoms with Crippen LogP contribution in [0.5, 0.6) is 5.75 Å². The van der Waals surface area contributed by atoms with Gasteiger partial charge in [0.15, 0.2) is 0 Å². The smallest absolute Gasteiger partial charge is 0.246 e. The summed E-state index contributed by atoms with van der Waals surface area (Å²) in [6, 6.07) is 7.42. The molecule has 1 amide bonds. The van der Waals surface area contributed by atoms with E-state index < -0.39 is 5.54 Å². The van der Waals surface area contributed by atoms with Gasteiger partial charge in [0.1, 0.15) is 5.75 Å². The number of carbonyl (C=O) groups is 1. The highest BCUT2D eigenvalue weighted by atomic mass is 16.5. The number of anilines is 1.